The maximum atomic E-state index is 12.7. The molecule has 6 heteroatoms. The molecule has 0 saturated heterocycles. The van der Waals surface area contributed by atoms with Gasteiger partial charge in [0, 0.05) is 19.0 Å². The van der Waals surface area contributed by atoms with Crippen molar-refractivity contribution in [1.29, 1.82) is 0 Å². The Morgan fingerprint density at radius 2 is 2.13 bits per heavy atom. The molecule has 15 heavy (non-hydrogen) atoms. The van der Waals surface area contributed by atoms with Crippen molar-refractivity contribution >= 4 is 0 Å². The maximum Gasteiger partial charge on any atom is 0.433 e. The molecule has 2 rings (SSSR count). The third-order valence-electron chi connectivity index (χ3n) is 2.65. The fourth-order valence-corrected chi connectivity index (χ4v) is 2.02. The molecule has 0 radical (unpaired) electrons. The van der Waals surface area contributed by atoms with Crippen LogP contribution in [-0.4, -0.2) is 15.6 Å². The Balaban J connectivity index is 2.51. The van der Waals surface area contributed by atoms with E-state index in [-0.39, 0.29) is 18.3 Å². The van der Waals surface area contributed by atoms with Gasteiger partial charge >= 0.3 is 6.18 Å². The van der Waals surface area contributed by atoms with Crippen molar-refractivity contribution < 1.29 is 13.2 Å². The third-order valence-corrected chi connectivity index (χ3v) is 2.65. The Labute approximate surface area is 85.1 Å². The van der Waals surface area contributed by atoms with Gasteiger partial charge in [-0.05, 0) is 13.3 Å². The predicted molar refractivity (Wildman–Crippen MR) is 48.3 cm³/mol. The van der Waals surface area contributed by atoms with E-state index in [1.54, 1.807) is 0 Å². The number of hydrogen-bond donors (Lipinski definition) is 1. The minimum atomic E-state index is -4.34. The quantitative estimate of drug-likeness (QED) is 0.718. The molecule has 0 amide bonds. The van der Waals surface area contributed by atoms with Crippen LogP contribution in [-0.2, 0) is 19.1 Å². The summed E-state index contributed by atoms with van der Waals surface area (Å²) < 4.78 is 39.3. The maximum absolute atomic E-state index is 12.7. The fourth-order valence-electron chi connectivity index (χ4n) is 2.02. The molecule has 0 aromatic carbocycles. The number of halogens is 3. The van der Waals surface area contributed by atoms with Crippen LogP contribution in [0.1, 0.15) is 23.6 Å². The first-order valence-corrected chi connectivity index (χ1v) is 4.78. The molecule has 2 heterocycles. The van der Waals surface area contributed by atoms with Crippen LogP contribution in [0.15, 0.2) is 0 Å². The standard InChI is InChI=1S/C9H12F3N3/c1-5-8(9(10,11)12)15-4-6(13)2-3-7(15)14-5/h6H,2-4,13H2,1H3. The molecule has 0 spiro atoms. The van der Waals surface area contributed by atoms with E-state index in [1.165, 1.54) is 11.5 Å². The van der Waals surface area contributed by atoms with Crippen molar-refractivity contribution in [2.75, 3.05) is 0 Å². The molecule has 1 unspecified atom stereocenters. The van der Waals surface area contributed by atoms with Gasteiger partial charge in [-0.3, -0.25) is 0 Å². The Morgan fingerprint density at radius 1 is 1.47 bits per heavy atom. The number of aryl methyl sites for hydroxylation is 2. The zero-order valence-corrected chi connectivity index (χ0v) is 8.30. The molecular formula is C9H12F3N3. The third kappa shape index (κ3) is 1.73. The Hall–Kier alpha value is -1.04. The number of aromatic nitrogens is 2. The van der Waals surface area contributed by atoms with E-state index in [0.29, 0.717) is 18.7 Å². The minimum Gasteiger partial charge on any atom is -0.326 e. The predicted octanol–water partition coefficient (Wildman–Crippen LogP) is 1.48. The zero-order valence-electron chi connectivity index (χ0n) is 8.30. The highest BCUT2D eigenvalue weighted by Gasteiger charge is 2.39. The molecule has 1 aliphatic rings. The van der Waals surface area contributed by atoms with Crippen molar-refractivity contribution in [3.05, 3.63) is 17.2 Å². The van der Waals surface area contributed by atoms with Gasteiger partial charge in [-0.15, -0.1) is 0 Å². The Morgan fingerprint density at radius 3 is 2.73 bits per heavy atom. The van der Waals surface area contributed by atoms with E-state index in [9.17, 15) is 13.2 Å². The number of fused-ring (bicyclic) bond motifs is 1. The monoisotopic (exact) mass is 219 g/mol. The largest absolute Gasteiger partial charge is 0.433 e. The SMILES string of the molecule is Cc1nc2n(c1C(F)(F)F)CC(N)CC2. The number of alkyl halides is 3. The summed E-state index contributed by atoms with van der Waals surface area (Å²) in [6.45, 7) is 1.60. The van der Waals surface area contributed by atoms with E-state index in [4.69, 9.17) is 5.73 Å². The first kappa shape index (κ1) is 10.5. The number of nitrogens with two attached hydrogens (primary N) is 1. The van der Waals surface area contributed by atoms with Crippen molar-refractivity contribution in [2.45, 2.75) is 38.5 Å². The van der Waals surface area contributed by atoms with Gasteiger partial charge in [0.15, 0.2) is 0 Å². The van der Waals surface area contributed by atoms with Crippen molar-refractivity contribution in [3.8, 4) is 0 Å². The van der Waals surface area contributed by atoms with Crippen LogP contribution < -0.4 is 5.73 Å². The molecule has 3 nitrogen and oxygen atoms in total. The van der Waals surface area contributed by atoms with E-state index in [1.807, 2.05) is 0 Å². The molecular weight excluding hydrogens is 207 g/mol. The molecule has 1 aliphatic heterocycles. The molecule has 0 bridgehead atoms. The van der Waals surface area contributed by atoms with Crippen LogP contribution in [0.2, 0.25) is 0 Å². The molecule has 2 N–H and O–H groups in total. The number of imidazole rings is 1. The zero-order chi connectivity index (χ0) is 11.2. The van der Waals surface area contributed by atoms with Gasteiger partial charge in [-0.1, -0.05) is 0 Å². The van der Waals surface area contributed by atoms with Crippen LogP contribution >= 0.6 is 0 Å². The van der Waals surface area contributed by atoms with Gasteiger partial charge in [-0.2, -0.15) is 13.2 Å². The van der Waals surface area contributed by atoms with E-state index in [0.717, 1.165) is 0 Å². The first-order chi connectivity index (χ1) is 6.89. The lowest BCUT2D eigenvalue weighted by molar-refractivity contribution is -0.144. The van der Waals surface area contributed by atoms with Gasteiger partial charge in [0.25, 0.3) is 0 Å². The second-order valence-corrected chi connectivity index (χ2v) is 3.87. The van der Waals surface area contributed by atoms with E-state index in [2.05, 4.69) is 4.98 Å². The topological polar surface area (TPSA) is 43.8 Å². The lowest BCUT2D eigenvalue weighted by Crippen LogP contribution is -2.34. The minimum absolute atomic E-state index is 0.0478. The summed E-state index contributed by atoms with van der Waals surface area (Å²) in [6, 6.07) is -0.202. The summed E-state index contributed by atoms with van der Waals surface area (Å²) in [5, 5.41) is 0. The summed E-state index contributed by atoms with van der Waals surface area (Å²) in [5.74, 6) is 0.501. The van der Waals surface area contributed by atoms with Gasteiger partial charge in [0.2, 0.25) is 0 Å². The Bertz CT molecular complexity index is 381. The Kier molecular flexibility index (Phi) is 2.26. The normalized spacial score (nSPS) is 21.5. The van der Waals surface area contributed by atoms with Crippen LogP contribution in [0.25, 0.3) is 0 Å². The van der Waals surface area contributed by atoms with Crippen LogP contribution in [0.4, 0.5) is 13.2 Å². The summed E-state index contributed by atoms with van der Waals surface area (Å²) in [5.41, 5.74) is 5.06. The highest BCUT2D eigenvalue weighted by atomic mass is 19.4. The van der Waals surface area contributed by atoms with Crippen molar-refractivity contribution in [1.82, 2.24) is 9.55 Å². The van der Waals surface area contributed by atoms with Gasteiger partial charge in [0.05, 0.1) is 5.69 Å². The first-order valence-electron chi connectivity index (χ1n) is 4.78. The van der Waals surface area contributed by atoms with Crippen molar-refractivity contribution in [3.63, 3.8) is 0 Å². The highest BCUT2D eigenvalue weighted by Crippen LogP contribution is 2.34. The van der Waals surface area contributed by atoms with Gasteiger partial charge in [-0.25, -0.2) is 4.98 Å². The average Bonchev–Trinajstić information content (AvgIpc) is 2.38. The smallest absolute Gasteiger partial charge is 0.326 e. The summed E-state index contributed by atoms with van der Waals surface area (Å²) in [7, 11) is 0. The number of hydrogen-bond acceptors (Lipinski definition) is 2. The number of rotatable bonds is 0. The molecule has 0 saturated carbocycles. The van der Waals surface area contributed by atoms with Crippen LogP contribution in [0, 0.1) is 6.92 Å². The lowest BCUT2D eigenvalue weighted by Gasteiger charge is -2.22. The molecule has 1 aromatic rings. The van der Waals surface area contributed by atoms with Gasteiger partial charge in [0.1, 0.15) is 11.5 Å². The highest BCUT2D eigenvalue weighted by molar-refractivity contribution is 5.20. The summed E-state index contributed by atoms with van der Waals surface area (Å²) >= 11 is 0. The van der Waals surface area contributed by atoms with Crippen molar-refractivity contribution in [2.24, 2.45) is 5.73 Å². The second kappa shape index (κ2) is 3.23. The molecule has 0 aliphatic carbocycles. The molecule has 1 aromatic heterocycles. The fraction of sp³-hybridized carbons (Fsp3) is 0.667. The van der Waals surface area contributed by atoms with Gasteiger partial charge < -0.3 is 10.3 Å². The average molecular weight is 219 g/mol. The van der Waals surface area contributed by atoms with E-state index >= 15 is 0 Å². The molecule has 84 valence electrons. The van der Waals surface area contributed by atoms with E-state index < -0.39 is 11.9 Å². The summed E-state index contributed by atoms with van der Waals surface area (Å²) in [4.78, 5) is 3.94. The second-order valence-electron chi connectivity index (χ2n) is 3.87. The summed E-state index contributed by atoms with van der Waals surface area (Å²) in [6.07, 6.45) is -3.11. The van der Waals surface area contributed by atoms with Crippen LogP contribution in [0.3, 0.4) is 0 Å². The molecule has 1 atom stereocenters. The molecule has 0 fully saturated rings. The number of nitrogens with zero attached hydrogens (tertiary/aromatic N) is 2. The van der Waals surface area contributed by atoms with Crippen LogP contribution in [0.5, 0.6) is 0 Å². The lowest BCUT2D eigenvalue weighted by atomic mass is 10.1.